The molecular weight excluding hydrogens is 510 g/mol. The minimum Gasteiger partial charge on any atom is -0.480 e. The molecule has 4 fully saturated rings. The molecule has 0 spiro atoms. The Hall–Kier alpha value is -1.36. The van der Waals surface area contributed by atoms with Crippen molar-refractivity contribution in [1.29, 1.82) is 0 Å². The van der Waals surface area contributed by atoms with E-state index in [0.29, 0.717) is 11.8 Å². The lowest BCUT2D eigenvalue weighted by molar-refractivity contribution is -0.203. The van der Waals surface area contributed by atoms with E-state index in [1.165, 1.54) is 12.0 Å². The van der Waals surface area contributed by atoms with Crippen LogP contribution in [0.4, 0.5) is 0 Å². The van der Waals surface area contributed by atoms with Crippen LogP contribution in [0.15, 0.2) is 11.6 Å². The first kappa shape index (κ1) is 31.1. The summed E-state index contributed by atoms with van der Waals surface area (Å²) in [6.07, 6.45) is 13.1. The fraction of sp³-hybridized carbons (Fsp3) is 0.889. The molecule has 3 unspecified atom stereocenters. The molecule has 0 heterocycles. The molecule has 0 saturated heterocycles. The molecule has 0 radical (unpaired) electrons. The molecule has 0 bridgehead atoms. The molecule has 3 N–H and O–H groups in total. The highest BCUT2D eigenvalue weighted by atomic mass is 16.4. The van der Waals surface area contributed by atoms with E-state index in [1.54, 1.807) is 0 Å². The van der Waals surface area contributed by atoms with Gasteiger partial charge in [0.2, 0.25) is 5.91 Å². The van der Waals surface area contributed by atoms with Crippen molar-refractivity contribution in [3.8, 4) is 0 Å². The molecule has 5 aliphatic carbocycles. The maximum atomic E-state index is 14.4. The van der Waals surface area contributed by atoms with Crippen molar-refractivity contribution in [2.45, 2.75) is 145 Å². The Bertz CT molecular complexity index is 1110. The topological polar surface area (TPSA) is 86.6 Å². The first-order valence-corrected chi connectivity index (χ1v) is 16.8. The van der Waals surface area contributed by atoms with E-state index in [2.05, 4.69) is 59.9 Å². The van der Waals surface area contributed by atoms with Crippen LogP contribution >= 0.6 is 0 Å². The molecule has 0 aromatic rings. The summed E-state index contributed by atoms with van der Waals surface area (Å²) in [5.41, 5.74) is 1.44. The number of amides is 1. The van der Waals surface area contributed by atoms with Crippen molar-refractivity contribution in [2.24, 2.45) is 56.2 Å². The average Bonchev–Trinajstić information content (AvgIpc) is 2.89. The van der Waals surface area contributed by atoms with Crippen LogP contribution < -0.4 is 5.32 Å². The highest BCUT2D eigenvalue weighted by molar-refractivity contribution is 5.88. The van der Waals surface area contributed by atoms with Gasteiger partial charge in [0.05, 0.1) is 11.5 Å². The van der Waals surface area contributed by atoms with Crippen LogP contribution in [0.1, 0.15) is 133 Å². The third kappa shape index (κ3) is 4.32. The van der Waals surface area contributed by atoms with Gasteiger partial charge in [-0.3, -0.25) is 4.79 Å². The van der Waals surface area contributed by atoms with Crippen LogP contribution in [-0.2, 0) is 9.59 Å². The van der Waals surface area contributed by atoms with Crippen molar-refractivity contribution >= 4 is 11.9 Å². The van der Waals surface area contributed by atoms with E-state index in [4.69, 9.17) is 0 Å². The number of hydrogen-bond donors (Lipinski definition) is 3. The van der Waals surface area contributed by atoms with Gasteiger partial charge in [0.25, 0.3) is 0 Å². The maximum Gasteiger partial charge on any atom is 0.326 e. The number of carboxylic acids is 1. The van der Waals surface area contributed by atoms with Crippen LogP contribution in [0, 0.1) is 56.2 Å². The zero-order chi connectivity index (χ0) is 30.4. The molecule has 232 valence electrons. The number of aliphatic hydroxyl groups is 1. The molecule has 1 amide bonds. The predicted molar refractivity (Wildman–Crippen MR) is 164 cm³/mol. The number of allylic oxidation sites excluding steroid dienone is 2. The molecule has 5 aliphatic rings. The first-order chi connectivity index (χ1) is 18.9. The summed E-state index contributed by atoms with van der Waals surface area (Å²) in [4.78, 5) is 26.6. The Morgan fingerprint density at radius 2 is 1.61 bits per heavy atom. The molecule has 5 heteroatoms. The van der Waals surface area contributed by atoms with Gasteiger partial charge in [-0.25, -0.2) is 4.79 Å². The minimum atomic E-state index is -0.921. The van der Waals surface area contributed by atoms with Crippen molar-refractivity contribution in [3.63, 3.8) is 0 Å². The van der Waals surface area contributed by atoms with Crippen molar-refractivity contribution in [1.82, 2.24) is 5.32 Å². The number of nitrogens with one attached hydrogen (secondary N) is 1. The van der Waals surface area contributed by atoms with Gasteiger partial charge in [0, 0.05) is 0 Å². The van der Waals surface area contributed by atoms with Crippen molar-refractivity contribution < 1.29 is 19.8 Å². The van der Waals surface area contributed by atoms with Gasteiger partial charge in [-0.05, 0) is 115 Å². The lowest BCUT2D eigenvalue weighted by Gasteiger charge is -2.71. The maximum absolute atomic E-state index is 14.4. The highest BCUT2D eigenvalue weighted by Crippen LogP contribution is 2.75. The number of aliphatic carboxylic acids is 1. The Morgan fingerprint density at radius 1 is 0.951 bits per heavy atom. The number of aliphatic hydroxyl groups excluding tert-OH is 1. The van der Waals surface area contributed by atoms with Crippen molar-refractivity contribution in [2.75, 3.05) is 0 Å². The normalized spacial score (nSPS) is 46.0. The van der Waals surface area contributed by atoms with Crippen LogP contribution in [0.25, 0.3) is 0 Å². The van der Waals surface area contributed by atoms with E-state index >= 15 is 0 Å². The van der Waals surface area contributed by atoms with Gasteiger partial charge in [-0.15, -0.1) is 0 Å². The Balaban J connectivity index is 1.55. The number of fused-ring (bicyclic) bond motifs is 7. The second-order valence-corrected chi connectivity index (χ2v) is 17.4. The fourth-order valence-electron chi connectivity index (χ4n) is 11.6. The van der Waals surface area contributed by atoms with E-state index in [0.717, 1.165) is 64.2 Å². The Labute approximate surface area is 249 Å². The summed E-state index contributed by atoms with van der Waals surface area (Å²) >= 11 is 0. The lowest BCUT2D eigenvalue weighted by atomic mass is 9.33. The number of carbonyl (C=O) groups excluding carboxylic acids is 1. The smallest absolute Gasteiger partial charge is 0.326 e. The summed E-state index contributed by atoms with van der Waals surface area (Å²) < 4.78 is 0. The van der Waals surface area contributed by atoms with E-state index in [-0.39, 0.29) is 50.9 Å². The molecule has 0 aromatic heterocycles. The van der Waals surface area contributed by atoms with E-state index < -0.39 is 17.4 Å². The Kier molecular flexibility index (Phi) is 7.45. The summed E-state index contributed by atoms with van der Waals surface area (Å²) in [6, 6.07) is -0.840. The zero-order valence-electron chi connectivity index (χ0n) is 27.5. The average molecular weight is 570 g/mol. The number of carbonyl (C=O) groups is 2. The number of carboxylic acid groups (broad SMARTS) is 1. The van der Waals surface area contributed by atoms with Crippen LogP contribution in [0.5, 0.6) is 0 Å². The van der Waals surface area contributed by atoms with Gasteiger partial charge in [-0.2, -0.15) is 0 Å². The second-order valence-electron chi connectivity index (χ2n) is 17.4. The molecule has 0 aliphatic heterocycles. The Morgan fingerprint density at radius 3 is 2.24 bits per heavy atom. The van der Waals surface area contributed by atoms with Gasteiger partial charge in [-0.1, -0.05) is 80.4 Å². The van der Waals surface area contributed by atoms with Gasteiger partial charge < -0.3 is 15.5 Å². The third-order valence-electron chi connectivity index (χ3n) is 14.8. The summed E-state index contributed by atoms with van der Waals surface area (Å²) in [5.74, 6) is 0.196. The fourth-order valence-corrected chi connectivity index (χ4v) is 11.6. The minimum absolute atomic E-state index is 0.0142. The number of rotatable bonds is 5. The predicted octanol–water partition coefficient (Wildman–Crippen LogP) is 7.76. The lowest BCUT2D eigenvalue weighted by Crippen LogP contribution is -2.66. The van der Waals surface area contributed by atoms with Gasteiger partial charge >= 0.3 is 5.97 Å². The van der Waals surface area contributed by atoms with Crippen LogP contribution in [-0.4, -0.2) is 34.2 Å². The van der Waals surface area contributed by atoms with Crippen LogP contribution in [0.2, 0.25) is 0 Å². The largest absolute Gasteiger partial charge is 0.480 e. The van der Waals surface area contributed by atoms with Crippen molar-refractivity contribution in [3.05, 3.63) is 11.6 Å². The van der Waals surface area contributed by atoms with Gasteiger partial charge in [0.1, 0.15) is 6.04 Å². The molecule has 41 heavy (non-hydrogen) atoms. The molecule has 5 rings (SSSR count). The summed E-state index contributed by atoms with van der Waals surface area (Å²) in [5, 5.41) is 24.1. The highest BCUT2D eigenvalue weighted by Gasteiger charge is 2.69. The van der Waals surface area contributed by atoms with E-state index in [9.17, 15) is 19.8 Å². The summed E-state index contributed by atoms with van der Waals surface area (Å²) in [6.45, 7) is 20.9. The molecule has 4 saturated carbocycles. The second kappa shape index (κ2) is 9.83. The zero-order valence-corrected chi connectivity index (χ0v) is 27.5. The quantitative estimate of drug-likeness (QED) is 0.295. The summed E-state index contributed by atoms with van der Waals surface area (Å²) in [7, 11) is 0. The van der Waals surface area contributed by atoms with Crippen LogP contribution in [0.3, 0.4) is 0 Å². The molecule has 10 atom stereocenters. The molecule has 0 aromatic carbocycles. The van der Waals surface area contributed by atoms with E-state index in [1.807, 2.05) is 13.8 Å². The third-order valence-corrected chi connectivity index (χ3v) is 14.8. The monoisotopic (exact) mass is 569 g/mol. The SMILES string of the molecule is CCC(C)C(NC(=O)[C@]12CCC(C)(C)C[C@H]1C1=CC[C@@H]3[C@@]4(C)CC[C@H](O)C(C)(C)C4CC[C@@]3(C)[C@]1(C)CC2)C(=O)O. The molecule has 5 nitrogen and oxygen atoms in total. The molecular formula is C36H59NO4. The number of hydrogen-bond acceptors (Lipinski definition) is 3. The first-order valence-electron chi connectivity index (χ1n) is 16.8. The van der Waals surface area contributed by atoms with Gasteiger partial charge in [0.15, 0.2) is 0 Å². The standard InChI is InChI=1S/C36H59NO4/c1-10-22(2)28(29(39)40)37-30(41)36-19-17-31(3,4)21-24(36)23-11-12-26-33(7)15-14-27(38)32(5,6)25(33)13-16-35(26,9)34(23,8)18-20-36/h11,22,24-28,38H,10,12-21H2,1-9H3,(H,37,41)(H,39,40)/t22?,24-,25?,26+,27-,28?,33-,34+,35+,36-/m0/s1.